The van der Waals surface area contributed by atoms with E-state index in [4.69, 9.17) is 0 Å². The summed E-state index contributed by atoms with van der Waals surface area (Å²) in [5.74, 6) is -0.265. The Morgan fingerprint density at radius 2 is 1.94 bits per heavy atom. The Hall–Kier alpha value is -3.57. The van der Waals surface area contributed by atoms with E-state index in [1.165, 1.54) is 0 Å². The average Bonchev–Trinajstić information content (AvgIpc) is 3.57. The molecule has 0 spiro atoms. The number of nitro groups is 1. The summed E-state index contributed by atoms with van der Waals surface area (Å²) in [6.07, 6.45) is 1.47. The Morgan fingerprint density at radius 3 is 2.61 bits per heavy atom. The Balaban J connectivity index is 1.43. The molecule has 1 fully saturated rings. The van der Waals surface area contributed by atoms with Crippen molar-refractivity contribution in [3.8, 4) is 17.2 Å². The molecule has 1 amide bonds. The van der Waals surface area contributed by atoms with Crippen LogP contribution in [0.25, 0.3) is 11.1 Å². The molecule has 33 heavy (non-hydrogen) atoms. The van der Waals surface area contributed by atoms with Gasteiger partial charge in [-0.2, -0.15) is 5.26 Å². The number of carbonyl (C=O) groups excluding carboxylic acids is 1. The molecule has 1 aliphatic carbocycles. The lowest BCUT2D eigenvalue weighted by atomic mass is 9.98. The first-order valence-corrected chi connectivity index (χ1v) is 11.3. The van der Waals surface area contributed by atoms with Gasteiger partial charge in [0.2, 0.25) is 11.7 Å². The number of pyridine rings is 1. The van der Waals surface area contributed by atoms with Crippen molar-refractivity contribution in [3.63, 3.8) is 0 Å². The zero-order chi connectivity index (χ0) is 23.7. The van der Waals surface area contributed by atoms with Crippen molar-refractivity contribution in [2.45, 2.75) is 26.7 Å². The molecule has 8 heteroatoms. The van der Waals surface area contributed by atoms with E-state index in [0.717, 1.165) is 29.5 Å². The largest absolute Gasteiger partial charge is 0.315 e. The normalized spacial score (nSPS) is 16.7. The molecule has 0 radical (unpaired) electrons. The van der Waals surface area contributed by atoms with Crippen LogP contribution in [0.2, 0.25) is 0 Å². The third-order valence-electron chi connectivity index (χ3n) is 6.00. The summed E-state index contributed by atoms with van der Waals surface area (Å²) in [6.45, 7) is 3.36. The quantitative estimate of drug-likeness (QED) is 0.340. The average molecular weight is 505 g/mol. The maximum atomic E-state index is 12.8. The fourth-order valence-corrected chi connectivity index (χ4v) is 4.37. The molecule has 2 atom stereocenters. The van der Waals surface area contributed by atoms with E-state index in [1.54, 1.807) is 19.9 Å². The van der Waals surface area contributed by atoms with Gasteiger partial charge in [0.15, 0.2) is 0 Å². The Labute approximate surface area is 199 Å². The van der Waals surface area contributed by atoms with Gasteiger partial charge in [0.05, 0.1) is 22.2 Å². The molecule has 1 aromatic heterocycles. The van der Waals surface area contributed by atoms with Gasteiger partial charge >= 0.3 is 5.69 Å². The lowest BCUT2D eigenvalue weighted by molar-refractivity contribution is -0.384. The predicted octanol–water partition coefficient (Wildman–Crippen LogP) is 5.73. The third-order valence-corrected chi connectivity index (χ3v) is 7.17. The fraction of sp³-hybridized carbons (Fsp3) is 0.240. The lowest BCUT2D eigenvalue weighted by Gasteiger charge is -2.10. The van der Waals surface area contributed by atoms with E-state index in [-0.39, 0.29) is 29.2 Å². The Kier molecular flexibility index (Phi) is 6.25. The number of rotatable bonds is 6. The summed E-state index contributed by atoms with van der Waals surface area (Å²) in [5, 5.41) is 23.5. The highest BCUT2D eigenvalue weighted by molar-refractivity contribution is 9.10. The van der Waals surface area contributed by atoms with Crippen molar-refractivity contribution in [2.24, 2.45) is 11.8 Å². The van der Waals surface area contributed by atoms with E-state index in [0.29, 0.717) is 21.3 Å². The summed E-state index contributed by atoms with van der Waals surface area (Å²) in [4.78, 5) is 28.0. The highest BCUT2D eigenvalue weighted by Gasteiger charge is 2.43. The third kappa shape index (κ3) is 4.64. The van der Waals surface area contributed by atoms with Crippen molar-refractivity contribution in [3.05, 3.63) is 85.5 Å². The summed E-state index contributed by atoms with van der Waals surface area (Å²) < 4.78 is 0.567. The number of nitriles is 1. The van der Waals surface area contributed by atoms with Gasteiger partial charge in [-0.3, -0.25) is 14.9 Å². The second-order valence-electron chi connectivity index (χ2n) is 8.24. The minimum atomic E-state index is -0.515. The number of nitrogens with zero attached hydrogens (tertiary/aromatic N) is 3. The smallest absolute Gasteiger partial charge is 0.305 e. The number of amides is 1. The number of aromatic nitrogens is 1. The molecule has 3 aromatic rings. The monoisotopic (exact) mass is 504 g/mol. The first-order valence-electron chi connectivity index (χ1n) is 10.5. The molecular weight excluding hydrogens is 484 g/mol. The second kappa shape index (κ2) is 9.12. The fourth-order valence-electron chi connectivity index (χ4n) is 4.09. The van der Waals surface area contributed by atoms with Crippen LogP contribution >= 0.6 is 15.9 Å². The van der Waals surface area contributed by atoms with Crippen molar-refractivity contribution < 1.29 is 9.72 Å². The van der Waals surface area contributed by atoms with Gasteiger partial charge in [-0.25, -0.2) is 4.98 Å². The van der Waals surface area contributed by atoms with E-state index in [2.05, 4.69) is 32.3 Å². The zero-order valence-electron chi connectivity index (χ0n) is 18.1. The van der Waals surface area contributed by atoms with Crippen LogP contribution < -0.4 is 5.32 Å². The van der Waals surface area contributed by atoms with Gasteiger partial charge in [-0.1, -0.05) is 42.5 Å². The molecular formula is C25H21BrN4O3. The number of benzene rings is 2. The van der Waals surface area contributed by atoms with Crippen LogP contribution in [-0.2, 0) is 11.2 Å². The van der Waals surface area contributed by atoms with Crippen molar-refractivity contribution in [1.82, 2.24) is 4.98 Å². The number of halogens is 1. The first kappa shape index (κ1) is 22.6. The van der Waals surface area contributed by atoms with Crippen LogP contribution in [0.1, 0.15) is 28.8 Å². The van der Waals surface area contributed by atoms with Crippen LogP contribution in [0.3, 0.4) is 0 Å². The number of carbonyl (C=O) groups is 1. The van der Waals surface area contributed by atoms with Crippen molar-refractivity contribution in [2.75, 3.05) is 5.32 Å². The summed E-state index contributed by atoms with van der Waals surface area (Å²) in [6, 6.07) is 17.7. The molecule has 1 heterocycles. The van der Waals surface area contributed by atoms with Gasteiger partial charge in [0.25, 0.3) is 0 Å². The number of anilines is 1. The maximum Gasteiger partial charge on any atom is 0.315 e. The SMILES string of the molecule is Cc1nc(NC(=O)C2CC2Cc2ccc(-c3ccccc3C#N)cc2)c([N+](=O)[O-])c(C)c1Br. The summed E-state index contributed by atoms with van der Waals surface area (Å²) in [7, 11) is 0. The minimum Gasteiger partial charge on any atom is -0.305 e. The van der Waals surface area contributed by atoms with Crippen LogP contribution in [0, 0.1) is 47.1 Å². The maximum absolute atomic E-state index is 12.8. The molecule has 0 saturated heterocycles. The number of nitrogens with one attached hydrogen (secondary N) is 1. The Bertz CT molecular complexity index is 1300. The van der Waals surface area contributed by atoms with Gasteiger partial charge in [0, 0.05) is 16.0 Å². The zero-order valence-corrected chi connectivity index (χ0v) is 19.7. The van der Waals surface area contributed by atoms with Crippen LogP contribution in [0.5, 0.6) is 0 Å². The van der Waals surface area contributed by atoms with Crippen molar-refractivity contribution in [1.29, 1.82) is 5.26 Å². The van der Waals surface area contributed by atoms with E-state index in [1.807, 2.05) is 42.5 Å². The Morgan fingerprint density at radius 1 is 1.24 bits per heavy atom. The van der Waals surface area contributed by atoms with Gasteiger partial charge in [-0.15, -0.1) is 0 Å². The molecule has 166 valence electrons. The molecule has 1 saturated carbocycles. The molecule has 2 aromatic carbocycles. The van der Waals surface area contributed by atoms with E-state index < -0.39 is 4.92 Å². The molecule has 1 N–H and O–H groups in total. The van der Waals surface area contributed by atoms with E-state index in [9.17, 15) is 20.2 Å². The highest BCUT2D eigenvalue weighted by Crippen LogP contribution is 2.43. The first-order chi connectivity index (χ1) is 15.8. The number of aryl methyl sites for hydroxylation is 1. The summed E-state index contributed by atoms with van der Waals surface area (Å²) >= 11 is 3.32. The lowest BCUT2D eigenvalue weighted by Crippen LogP contribution is -2.18. The van der Waals surface area contributed by atoms with Crippen molar-refractivity contribution >= 4 is 33.3 Å². The molecule has 0 bridgehead atoms. The van der Waals surface area contributed by atoms with Crippen LogP contribution in [0.4, 0.5) is 11.5 Å². The van der Waals surface area contributed by atoms with E-state index >= 15 is 0 Å². The van der Waals surface area contributed by atoms with Gasteiger partial charge in [-0.05, 0) is 71.3 Å². The van der Waals surface area contributed by atoms with Gasteiger partial charge < -0.3 is 5.32 Å². The topological polar surface area (TPSA) is 109 Å². The molecule has 7 nitrogen and oxygen atoms in total. The van der Waals surface area contributed by atoms with Crippen LogP contribution in [-0.4, -0.2) is 15.8 Å². The van der Waals surface area contributed by atoms with Gasteiger partial charge in [0.1, 0.15) is 0 Å². The second-order valence-corrected chi connectivity index (χ2v) is 9.03. The summed E-state index contributed by atoms with van der Waals surface area (Å²) in [5.41, 5.74) is 4.43. The standard InChI is InChI=1S/C25H21BrN4O3/c1-14-22(26)15(2)28-24(23(14)30(32)33)29-25(31)21-12-19(21)11-16-7-9-17(10-8-16)20-6-4-3-5-18(20)13-27/h3-10,19,21H,11-12H2,1-2H3,(H,28,29,31). The highest BCUT2D eigenvalue weighted by atomic mass is 79.9. The predicted molar refractivity (Wildman–Crippen MR) is 129 cm³/mol. The minimum absolute atomic E-state index is 0.00522. The number of hydrogen-bond acceptors (Lipinski definition) is 5. The molecule has 1 aliphatic rings. The molecule has 2 unspecified atom stereocenters. The molecule has 4 rings (SSSR count). The molecule has 0 aliphatic heterocycles. The van der Waals surface area contributed by atoms with Crippen LogP contribution in [0.15, 0.2) is 53.0 Å². The number of hydrogen-bond donors (Lipinski definition) is 1.